The fourth-order valence-electron chi connectivity index (χ4n) is 3.77. The van der Waals surface area contributed by atoms with E-state index in [0.29, 0.717) is 31.9 Å². The van der Waals surface area contributed by atoms with Crippen molar-refractivity contribution in [1.82, 2.24) is 4.90 Å². The summed E-state index contributed by atoms with van der Waals surface area (Å²) in [6.45, 7) is 2.67. The van der Waals surface area contributed by atoms with Gasteiger partial charge in [-0.05, 0) is 25.0 Å². The number of carbonyl (C=O) groups excluding carboxylic acids is 1. The number of hydrogen-bond acceptors (Lipinski definition) is 4. The molecular weight excluding hydrogens is 380 g/mol. The van der Waals surface area contributed by atoms with Crippen molar-refractivity contribution in [3.63, 3.8) is 0 Å². The highest BCUT2D eigenvalue weighted by molar-refractivity contribution is 5.86. The number of carbonyl (C=O) groups is 1. The molecule has 0 atom stereocenters. The Labute approximate surface area is 166 Å². The van der Waals surface area contributed by atoms with E-state index in [4.69, 9.17) is 10.5 Å². The fraction of sp³-hybridized carbons (Fsp3) is 0.611. The lowest BCUT2D eigenvalue weighted by molar-refractivity contribution is -0.138. The molecule has 26 heavy (non-hydrogen) atoms. The third-order valence-corrected chi connectivity index (χ3v) is 5.22. The monoisotopic (exact) mass is 407 g/mol. The van der Waals surface area contributed by atoms with Gasteiger partial charge in [0.05, 0.1) is 18.3 Å². The van der Waals surface area contributed by atoms with E-state index in [0.717, 1.165) is 31.4 Å². The minimum atomic E-state index is -0.673. The van der Waals surface area contributed by atoms with Crippen molar-refractivity contribution < 1.29 is 13.9 Å². The Balaban J connectivity index is 0.00000169. The molecule has 0 radical (unpaired) electrons. The highest BCUT2D eigenvalue weighted by atomic mass is 35.5. The van der Waals surface area contributed by atoms with Crippen molar-refractivity contribution in [2.45, 2.75) is 37.6 Å². The Morgan fingerprint density at radius 2 is 1.73 bits per heavy atom. The van der Waals surface area contributed by atoms with Gasteiger partial charge >= 0.3 is 0 Å². The first kappa shape index (κ1) is 22.8. The lowest BCUT2D eigenvalue weighted by atomic mass is 9.81. The summed E-state index contributed by atoms with van der Waals surface area (Å²) in [7, 11) is 1.54. The Morgan fingerprint density at radius 3 is 2.31 bits per heavy atom. The maximum atomic E-state index is 13.4. The van der Waals surface area contributed by atoms with Gasteiger partial charge in [0.25, 0.3) is 0 Å². The topological polar surface area (TPSA) is 58.8 Å². The number of ether oxygens (including phenoxy) is 1. The molecule has 0 bridgehead atoms. The predicted octanol–water partition coefficient (Wildman–Crippen LogP) is 2.99. The maximum absolute atomic E-state index is 13.4. The predicted molar refractivity (Wildman–Crippen MR) is 106 cm³/mol. The zero-order valence-corrected chi connectivity index (χ0v) is 16.7. The molecule has 1 amide bonds. The molecule has 2 aliphatic rings. The van der Waals surface area contributed by atoms with E-state index in [1.54, 1.807) is 13.2 Å². The second-order valence-corrected chi connectivity index (χ2v) is 6.81. The van der Waals surface area contributed by atoms with E-state index in [1.165, 1.54) is 18.6 Å². The van der Waals surface area contributed by atoms with Gasteiger partial charge in [0.2, 0.25) is 5.91 Å². The number of hydrogen-bond donors (Lipinski definition) is 1. The molecular formula is C18H28Cl2FN3O2. The van der Waals surface area contributed by atoms with Gasteiger partial charge in [-0.1, -0.05) is 19.3 Å². The minimum Gasteiger partial charge on any atom is -0.494 e. The van der Waals surface area contributed by atoms with E-state index < -0.39 is 5.54 Å². The summed E-state index contributed by atoms with van der Waals surface area (Å²) in [5, 5.41) is 0. The number of amides is 1. The second-order valence-electron chi connectivity index (χ2n) is 6.81. The van der Waals surface area contributed by atoms with Crippen LogP contribution in [0, 0.1) is 5.82 Å². The lowest BCUT2D eigenvalue weighted by Crippen LogP contribution is -2.60. The molecule has 2 N–H and O–H groups in total. The van der Waals surface area contributed by atoms with E-state index in [9.17, 15) is 9.18 Å². The largest absolute Gasteiger partial charge is 0.494 e. The van der Waals surface area contributed by atoms with Crippen LogP contribution in [0.4, 0.5) is 10.1 Å². The molecule has 0 unspecified atom stereocenters. The van der Waals surface area contributed by atoms with Gasteiger partial charge in [0, 0.05) is 32.2 Å². The normalized spacial score (nSPS) is 19.2. The number of benzene rings is 1. The smallest absolute Gasteiger partial charge is 0.242 e. The Hall–Kier alpha value is -1.24. The van der Waals surface area contributed by atoms with Crippen LogP contribution in [0.15, 0.2) is 18.2 Å². The summed E-state index contributed by atoms with van der Waals surface area (Å²) in [6, 6.07) is 4.56. The van der Waals surface area contributed by atoms with Gasteiger partial charge in [0.1, 0.15) is 11.6 Å². The molecule has 1 aliphatic carbocycles. The van der Waals surface area contributed by atoms with Crippen LogP contribution in [0.1, 0.15) is 32.1 Å². The van der Waals surface area contributed by atoms with Crippen molar-refractivity contribution in [3.05, 3.63) is 24.0 Å². The molecule has 2 fully saturated rings. The lowest BCUT2D eigenvalue weighted by Gasteiger charge is -2.41. The van der Waals surface area contributed by atoms with Crippen molar-refractivity contribution in [2.75, 3.05) is 38.2 Å². The molecule has 1 aromatic carbocycles. The number of halogens is 3. The number of nitrogens with zero attached hydrogens (tertiary/aromatic N) is 2. The molecule has 0 aromatic heterocycles. The quantitative estimate of drug-likeness (QED) is 0.836. The van der Waals surface area contributed by atoms with Gasteiger partial charge in [-0.15, -0.1) is 24.8 Å². The highest BCUT2D eigenvalue weighted by Crippen LogP contribution is 2.31. The molecule has 1 saturated carbocycles. The molecule has 0 spiro atoms. The molecule has 3 rings (SSSR count). The van der Waals surface area contributed by atoms with Crippen LogP contribution in [0.3, 0.4) is 0 Å². The van der Waals surface area contributed by atoms with E-state index >= 15 is 0 Å². The van der Waals surface area contributed by atoms with Crippen molar-refractivity contribution in [1.29, 1.82) is 0 Å². The van der Waals surface area contributed by atoms with Crippen LogP contribution in [-0.2, 0) is 4.79 Å². The third kappa shape index (κ3) is 4.72. The minimum absolute atomic E-state index is 0. The molecule has 8 heteroatoms. The first-order valence-electron chi connectivity index (χ1n) is 8.70. The summed E-state index contributed by atoms with van der Waals surface area (Å²) in [5.41, 5.74) is 6.57. The Bertz CT molecular complexity index is 604. The molecule has 1 heterocycles. The van der Waals surface area contributed by atoms with Gasteiger partial charge < -0.3 is 20.3 Å². The van der Waals surface area contributed by atoms with Gasteiger partial charge in [-0.2, -0.15) is 0 Å². The number of piperazine rings is 1. The summed E-state index contributed by atoms with van der Waals surface area (Å²) in [5.74, 6) is 0.303. The van der Waals surface area contributed by atoms with E-state index in [2.05, 4.69) is 4.90 Å². The number of methoxy groups -OCH3 is 1. The highest BCUT2D eigenvalue weighted by Gasteiger charge is 2.39. The standard InChI is InChI=1S/C18H26FN3O2.2ClH/c1-24-16-13-14(19)5-6-15(16)21-9-11-22(12-10-21)17(23)18(20)7-3-2-4-8-18;;/h5-6,13H,2-4,7-12,20H2,1H3;2*1H. The second kappa shape index (κ2) is 9.62. The first-order chi connectivity index (χ1) is 11.5. The Morgan fingerprint density at radius 1 is 1.12 bits per heavy atom. The van der Waals surface area contributed by atoms with Gasteiger partial charge in [0.15, 0.2) is 0 Å². The molecule has 1 aliphatic heterocycles. The average Bonchev–Trinajstić information content (AvgIpc) is 2.62. The van der Waals surface area contributed by atoms with Crippen molar-refractivity contribution >= 4 is 36.4 Å². The number of rotatable bonds is 3. The Kier molecular flexibility index (Phi) is 8.44. The molecule has 148 valence electrons. The average molecular weight is 408 g/mol. The zero-order valence-electron chi connectivity index (χ0n) is 15.1. The fourth-order valence-corrected chi connectivity index (χ4v) is 3.77. The van der Waals surface area contributed by atoms with Crippen molar-refractivity contribution in [3.8, 4) is 5.75 Å². The number of anilines is 1. The van der Waals surface area contributed by atoms with Crippen LogP contribution in [0.5, 0.6) is 5.75 Å². The molecule has 1 aromatic rings. The van der Waals surface area contributed by atoms with E-state index in [1.807, 2.05) is 4.90 Å². The van der Waals surface area contributed by atoms with Gasteiger partial charge in [-0.25, -0.2) is 4.39 Å². The van der Waals surface area contributed by atoms with Crippen LogP contribution in [-0.4, -0.2) is 49.6 Å². The van der Waals surface area contributed by atoms with Crippen LogP contribution >= 0.6 is 24.8 Å². The van der Waals surface area contributed by atoms with Crippen LogP contribution in [0.2, 0.25) is 0 Å². The molecule has 1 saturated heterocycles. The SMILES string of the molecule is COc1cc(F)ccc1N1CCN(C(=O)C2(N)CCCCC2)CC1.Cl.Cl. The third-order valence-electron chi connectivity index (χ3n) is 5.22. The maximum Gasteiger partial charge on any atom is 0.242 e. The van der Waals surface area contributed by atoms with Gasteiger partial charge in [-0.3, -0.25) is 4.79 Å². The zero-order chi connectivity index (χ0) is 17.2. The van der Waals surface area contributed by atoms with Crippen LogP contribution in [0.25, 0.3) is 0 Å². The summed E-state index contributed by atoms with van der Waals surface area (Å²) in [6.07, 6.45) is 4.82. The van der Waals surface area contributed by atoms with E-state index in [-0.39, 0.29) is 36.5 Å². The van der Waals surface area contributed by atoms with Crippen LogP contribution < -0.4 is 15.4 Å². The first-order valence-corrected chi connectivity index (χ1v) is 8.70. The summed E-state index contributed by atoms with van der Waals surface area (Å²) in [4.78, 5) is 16.8. The summed E-state index contributed by atoms with van der Waals surface area (Å²) < 4.78 is 18.6. The summed E-state index contributed by atoms with van der Waals surface area (Å²) >= 11 is 0. The van der Waals surface area contributed by atoms with Crippen molar-refractivity contribution in [2.24, 2.45) is 5.73 Å². The molecule has 5 nitrogen and oxygen atoms in total. The number of nitrogens with two attached hydrogens (primary N) is 1.